The maximum absolute atomic E-state index is 13.5. The Labute approximate surface area is 180 Å². The number of carbonyl (C=O) groups excluding carboxylic acids is 1. The van der Waals surface area contributed by atoms with Gasteiger partial charge in [-0.15, -0.1) is 0 Å². The van der Waals surface area contributed by atoms with Crippen molar-refractivity contribution >= 4 is 21.6 Å². The molecule has 0 spiro atoms. The second kappa shape index (κ2) is 8.78. The standard InChI is InChI=1S/C23H31N3O3S/c1-6-24(7-2)21-12-10-20(11-13-21)23-25(16-18(4)26(23)19(5)27)30(28,29)22-14-8-17(3)9-15-22/h8-15,18,23H,6-7,16H2,1-5H3/t18-,23+/m1/s1. The average Bonchev–Trinajstić information content (AvgIpc) is 3.08. The first-order chi connectivity index (χ1) is 14.2. The number of hydrogen-bond acceptors (Lipinski definition) is 4. The first-order valence-electron chi connectivity index (χ1n) is 10.4. The van der Waals surface area contributed by atoms with E-state index < -0.39 is 16.2 Å². The molecule has 6 nitrogen and oxygen atoms in total. The maximum Gasteiger partial charge on any atom is 0.245 e. The number of hydrogen-bond donors (Lipinski definition) is 0. The van der Waals surface area contributed by atoms with E-state index in [1.54, 1.807) is 29.2 Å². The Morgan fingerprint density at radius 2 is 1.60 bits per heavy atom. The first kappa shape index (κ1) is 22.3. The van der Waals surface area contributed by atoms with Gasteiger partial charge < -0.3 is 9.80 Å². The molecule has 0 aromatic heterocycles. The molecule has 0 aliphatic carbocycles. The van der Waals surface area contributed by atoms with Gasteiger partial charge in [-0.1, -0.05) is 29.8 Å². The van der Waals surface area contributed by atoms with Crippen molar-refractivity contribution in [2.24, 2.45) is 0 Å². The van der Waals surface area contributed by atoms with E-state index in [9.17, 15) is 13.2 Å². The lowest BCUT2D eigenvalue weighted by atomic mass is 10.1. The van der Waals surface area contributed by atoms with Crippen molar-refractivity contribution in [2.45, 2.75) is 51.7 Å². The lowest BCUT2D eigenvalue weighted by Gasteiger charge is -2.31. The molecule has 0 bridgehead atoms. The van der Waals surface area contributed by atoms with E-state index in [1.165, 1.54) is 11.2 Å². The molecule has 1 aliphatic rings. The van der Waals surface area contributed by atoms with Crippen LogP contribution in [0, 0.1) is 6.92 Å². The number of aryl methyl sites for hydroxylation is 1. The largest absolute Gasteiger partial charge is 0.372 e. The number of benzene rings is 2. The van der Waals surface area contributed by atoms with Crippen LogP contribution in [-0.2, 0) is 14.8 Å². The van der Waals surface area contributed by atoms with E-state index in [1.807, 2.05) is 38.1 Å². The Bertz CT molecular complexity index is 983. The van der Waals surface area contributed by atoms with E-state index in [0.717, 1.165) is 29.9 Å². The van der Waals surface area contributed by atoms with Crippen molar-refractivity contribution in [1.82, 2.24) is 9.21 Å². The Kier molecular flexibility index (Phi) is 6.53. The second-order valence-electron chi connectivity index (χ2n) is 7.80. The zero-order chi connectivity index (χ0) is 22.1. The van der Waals surface area contributed by atoms with Crippen LogP contribution >= 0.6 is 0 Å². The SMILES string of the molecule is CCN(CC)c1ccc([C@@H]2N(C(C)=O)[C@H](C)CN2S(=O)(=O)c2ccc(C)cc2)cc1. The molecule has 3 rings (SSSR count). The monoisotopic (exact) mass is 429 g/mol. The molecule has 0 N–H and O–H groups in total. The van der Waals surface area contributed by atoms with Gasteiger partial charge in [0, 0.05) is 38.3 Å². The molecule has 2 atom stereocenters. The van der Waals surface area contributed by atoms with Crippen molar-refractivity contribution in [3.8, 4) is 0 Å². The molecule has 2 aromatic carbocycles. The summed E-state index contributed by atoms with van der Waals surface area (Å²) in [7, 11) is -3.76. The molecule has 0 saturated carbocycles. The van der Waals surface area contributed by atoms with E-state index >= 15 is 0 Å². The first-order valence-corrected chi connectivity index (χ1v) is 11.9. The number of rotatable bonds is 6. The summed E-state index contributed by atoms with van der Waals surface area (Å²) in [5.74, 6) is -0.137. The van der Waals surface area contributed by atoms with Crippen molar-refractivity contribution < 1.29 is 13.2 Å². The fourth-order valence-electron chi connectivity index (χ4n) is 4.16. The van der Waals surface area contributed by atoms with Crippen LogP contribution in [-0.4, -0.2) is 49.2 Å². The molecule has 0 unspecified atom stereocenters. The number of amides is 1. The van der Waals surface area contributed by atoms with Crippen LogP contribution < -0.4 is 4.90 Å². The highest BCUT2D eigenvalue weighted by Crippen LogP contribution is 2.38. The third-order valence-electron chi connectivity index (χ3n) is 5.77. The Morgan fingerprint density at radius 1 is 1.03 bits per heavy atom. The summed E-state index contributed by atoms with van der Waals surface area (Å²) in [4.78, 5) is 16.6. The van der Waals surface area contributed by atoms with Gasteiger partial charge in [-0.05, 0) is 57.5 Å². The fourth-order valence-corrected chi connectivity index (χ4v) is 5.81. The smallest absolute Gasteiger partial charge is 0.245 e. The van der Waals surface area contributed by atoms with Crippen LogP contribution in [0.2, 0.25) is 0 Å². The lowest BCUT2D eigenvalue weighted by molar-refractivity contribution is -0.132. The maximum atomic E-state index is 13.5. The van der Waals surface area contributed by atoms with Gasteiger partial charge in [-0.2, -0.15) is 4.31 Å². The van der Waals surface area contributed by atoms with Gasteiger partial charge >= 0.3 is 0 Å². The predicted octanol–water partition coefficient (Wildman–Crippen LogP) is 3.78. The molecular formula is C23H31N3O3S. The van der Waals surface area contributed by atoms with Gasteiger partial charge in [0.2, 0.25) is 15.9 Å². The summed E-state index contributed by atoms with van der Waals surface area (Å²) in [5, 5.41) is 0. The summed E-state index contributed by atoms with van der Waals surface area (Å²) in [5.41, 5.74) is 2.87. The van der Waals surface area contributed by atoms with E-state index in [4.69, 9.17) is 0 Å². The highest BCUT2D eigenvalue weighted by atomic mass is 32.2. The van der Waals surface area contributed by atoms with Crippen LogP contribution in [0.3, 0.4) is 0 Å². The van der Waals surface area contributed by atoms with Gasteiger partial charge in [0.05, 0.1) is 4.90 Å². The van der Waals surface area contributed by atoms with Gasteiger partial charge in [0.15, 0.2) is 0 Å². The summed E-state index contributed by atoms with van der Waals surface area (Å²) in [6.45, 7) is 11.6. The van der Waals surface area contributed by atoms with E-state index in [2.05, 4.69) is 18.7 Å². The summed E-state index contributed by atoms with van der Waals surface area (Å²) < 4.78 is 28.4. The minimum absolute atomic E-state index is 0.137. The molecule has 1 aliphatic heterocycles. The molecule has 1 amide bonds. The van der Waals surface area contributed by atoms with Crippen LogP contribution in [0.15, 0.2) is 53.4 Å². The number of anilines is 1. The zero-order valence-electron chi connectivity index (χ0n) is 18.4. The van der Waals surface area contributed by atoms with E-state index in [-0.39, 0.29) is 23.4 Å². The molecule has 0 radical (unpaired) electrons. The lowest BCUT2D eigenvalue weighted by Crippen LogP contribution is -2.38. The minimum Gasteiger partial charge on any atom is -0.372 e. The summed E-state index contributed by atoms with van der Waals surface area (Å²) >= 11 is 0. The summed E-state index contributed by atoms with van der Waals surface area (Å²) in [6.07, 6.45) is -0.658. The van der Waals surface area contributed by atoms with Crippen molar-refractivity contribution in [1.29, 1.82) is 0 Å². The molecule has 162 valence electrons. The molecule has 1 fully saturated rings. The average molecular weight is 430 g/mol. The van der Waals surface area contributed by atoms with Crippen molar-refractivity contribution in [3.63, 3.8) is 0 Å². The molecule has 30 heavy (non-hydrogen) atoms. The number of carbonyl (C=O) groups is 1. The number of sulfonamides is 1. The Morgan fingerprint density at radius 3 is 2.10 bits per heavy atom. The Hall–Kier alpha value is -2.38. The molecule has 2 aromatic rings. The highest BCUT2D eigenvalue weighted by Gasteiger charge is 2.46. The van der Waals surface area contributed by atoms with Crippen LogP contribution in [0.1, 0.15) is 45.0 Å². The van der Waals surface area contributed by atoms with Gasteiger partial charge in [0.25, 0.3) is 0 Å². The van der Waals surface area contributed by atoms with Gasteiger partial charge in [0.1, 0.15) is 6.17 Å². The van der Waals surface area contributed by atoms with Gasteiger partial charge in [-0.3, -0.25) is 4.79 Å². The minimum atomic E-state index is -3.76. The van der Waals surface area contributed by atoms with Crippen LogP contribution in [0.5, 0.6) is 0 Å². The van der Waals surface area contributed by atoms with Crippen molar-refractivity contribution in [2.75, 3.05) is 24.5 Å². The topological polar surface area (TPSA) is 60.9 Å². The third-order valence-corrected chi connectivity index (χ3v) is 7.60. The summed E-state index contributed by atoms with van der Waals surface area (Å²) in [6, 6.07) is 14.5. The molecule has 1 heterocycles. The predicted molar refractivity (Wildman–Crippen MR) is 120 cm³/mol. The third kappa shape index (κ3) is 4.09. The van der Waals surface area contributed by atoms with Crippen LogP contribution in [0.25, 0.3) is 0 Å². The second-order valence-corrected chi connectivity index (χ2v) is 9.69. The van der Waals surface area contributed by atoms with Crippen LogP contribution in [0.4, 0.5) is 5.69 Å². The molecule has 7 heteroatoms. The van der Waals surface area contributed by atoms with Gasteiger partial charge in [-0.25, -0.2) is 8.42 Å². The fraction of sp³-hybridized carbons (Fsp3) is 0.435. The quantitative estimate of drug-likeness (QED) is 0.701. The normalized spacial score (nSPS) is 19.8. The molecular weight excluding hydrogens is 398 g/mol. The Balaban J connectivity index is 2.05. The highest BCUT2D eigenvalue weighted by molar-refractivity contribution is 7.89. The molecule has 1 saturated heterocycles. The zero-order valence-corrected chi connectivity index (χ0v) is 19.2. The van der Waals surface area contributed by atoms with Crippen molar-refractivity contribution in [3.05, 3.63) is 59.7 Å². The van der Waals surface area contributed by atoms with E-state index in [0.29, 0.717) is 0 Å². The number of nitrogens with zero attached hydrogens (tertiary/aromatic N) is 3.